The molecule has 146 valence electrons. The zero-order valence-electron chi connectivity index (χ0n) is 15.6. The van der Waals surface area contributed by atoms with E-state index in [4.69, 9.17) is 9.26 Å². The van der Waals surface area contributed by atoms with E-state index in [0.717, 1.165) is 36.9 Å². The summed E-state index contributed by atoms with van der Waals surface area (Å²) in [6.07, 6.45) is 6.92. The molecule has 28 heavy (non-hydrogen) atoms. The normalized spacial score (nSPS) is 19.5. The Hall–Kier alpha value is -3.07. The van der Waals surface area contributed by atoms with Gasteiger partial charge in [0.05, 0.1) is 11.7 Å². The standard InChI is InChI=1S/C19H22N6O3/c1-27-12-17-22-19(28-24-17)21-14-2-4-15(5-3-14)25-18(26)7-6-16(23-25)13-8-10-20-11-9-13/h6-11,14-15H,2-5,12H2,1H3,(H,21,22,24). The highest BCUT2D eigenvalue weighted by molar-refractivity contribution is 5.57. The van der Waals surface area contributed by atoms with Gasteiger partial charge < -0.3 is 14.6 Å². The van der Waals surface area contributed by atoms with E-state index in [1.807, 2.05) is 12.1 Å². The summed E-state index contributed by atoms with van der Waals surface area (Å²) >= 11 is 0. The number of aromatic nitrogens is 5. The van der Waals surface area contributed by atoms with Crippen LogP contribution in [-0.2, 0) is 11.3 Å². The summed E-state index contributed by atoms with van der Waals surface area (Å²) in [5.41, 5.74) is 1.65. The first kappa shape index (κ1) is 18.3. The molecule has 1 aliphatic carbocycles. The number of methoxy groups -OCH3 is 1. The molecule has 3 heterocycles. The molecule has 3 aromatic heterocycles. The van der Waals surface area contributed by atoms with Crippen molar-refractivity contribution >= 4 is 6.01 Å². The Bertz CT molecular complexity index is 963. The smallest absolute Gasteiger partial charge is 0.321 e. The molecule has 0 unspecified atom stereocenters. The van der Waals surface area contributed by atoms with Crippen molar-refractivity contribution in [1.29, 1.82) is 0 Å². The Labute approximate surface area is 161 Å². The molecule has 0 radical (unpaired) electrons. The minimum absolute atomic E-state index is 0.0738. The number of hydrogen-bond acceptors (Lipinski definition) is 8. The lowest BCUT2D eigenvalue weighted by atomic mass is 9.91. The van der Waals surface area contributed by atoms with Crippen LogP contribution in [0.15, 0.2) is 46.0 Å². The van der Waals surface area contributed by atoms with Crippen LogP contribution in [-0.4, -0.2) is 38.1 Å². The fourth-order valence-corrected chi connectivity index (χ4v) is 3.50. The second-order valence-corrected chi connectivity index (χ2v) is 6.84. The van der Waals surface area contributed by atoms with Crippen molar-refractivity contribution in [2.75, 3.05) is 12.4 Å². The average molecular weight is 382 g/mol. The van der Waals surface area contributed by atoms with Gasteiger partial charge in [0.25, 0.3) is 5.56 Å². The molecule has 0 spiro atoms. The minimum Gasteiger partial charge on any atom is -0.377 e. The van der Waals surface area contributed by atoms with E-state index in [1.165, 1.54) is 0 Å². The third-order valence-electron chi connectivity index (χ3n) is 4.91. The molecule has 0 amide bonds. The Morgan fingerprint density at radius 3 is 2.71 bits per heavy atom. The van der Waals surface area contributed by atoms with Crippen LogP contribution in [0.25, 0.3) is 11.3 Å². The van der Waals surface area contributed by atoms with Crippen LogP contribution >= 0.6 is 0 Å². The van der Waals surface area contributed by atoms with Crippen LogP contribution < -0.4 is 10.9 Å². The number of rotatable bonds is 6. The van der Waals surface area contributed by atoms with Gasteiger partial charge in [-0.1, -0.05) is 5.16 Å². The maximum Gasteiger partial charge on any atom is 0.321 e. The highest BCUT2D eigenvalue weighted by Crippen LogP contribution is 2.29. The van der Waals surface area contributed by atoms with Gasteiger partial charge in [0.2, 0.25) is 0 Å². The van der Waals surface area contributed by atoms with Crippen molar-refractivity contribution < 1.29 is 9.26 Å². The fraction of sp³-hybridized carbons (Fsp3) is 0.421. The van der Waals surface area contributed by atoms with E-state index < -0.39 is 0 Å². The Kier molecular flexibility index (Phi) is 5.43. The topological polar surface area (TPSA) is 108 Å². The van der Waals surface area contributed by atoms with Crippen molar-refractivity contribution in [3.05, 3.63) is 52.8 Å². The molecule has 4 rings (SSSR count). The molecule has 1 aliphatic rings. The monoisotopic (exact) mass is 382 g/mol. The average Bonchev–Trinajstić information content (AvgIpc) is 3.17. The first-order valence-electron chi connectivity index (χ1n) is 9.31. The van der Waals surface area contributed by atoms with E-state index >= 15 is 0 Å². The zero-order valence-corrected chi connectivity index (χ0v) is 15.6. The molecular formula is C19H22N6O3. The molecule has 0 atom stereocenters. The summed E-state index contributed by atoms with van der Waals surface area (Å²) < 4.78 is 11.8. The van der Waals surface area contributed by atoms with Crippen LogP contribution in [0.5, 0.6) is 0 Å². The van der Waals surface area contributed by atoms with E-state index in [2.05, 4.69) is 25.5 Å². The molecule has 9 nitrogen and oxygen atoms in total. The Morgan fingerprint density at radius 2 is 1.96 bits per heavy atom. The first-order valence-corrected chi connectivity index (χ1v) is 9.31. The van der Waals surface area contributed by atoms with Gasteiger partial charge in [0.15, 0.2) is 5.82 Å². The van der Waals surface area contributed by atoms with Crippen LogP contribution in [0.2, 0.25) is 0 Å². The van der Waals surface area contributed by atoms with Crippen LogP contribution in [0.4, 0.5) is 6.01 Å². The molecule has 0 aromatic carbocycles. The number of nitrogens with one attached hydrogen (secondary N) is 1. The predicted octanol–water partition coefficient (Wildman–Crippen LogP) is 2.43. The van der Waals surface area contributed by atoms with Gasteiger partial charge in [-0.2, -0.15) is 10.1 Å². The quantitative estimate of drug-likeness (QED) is 0.692. The van der Waals surface area contributed by atoms with Crippen LogP contribution in [0.3, 0.4) is 0 Å². The van der Waals surface area contributed by atoms with Gasteiger partial charge in [0.1, 0.15) is 6.61 Å². The number of ether oxygens (including phenoxy) is 1. The van der Waals surface area contributed by atoms with E-state index in [1.54, 1.807) is 36.3 Å². The molecule has 9 heteroatoms. The van der Waals surface area contributed by atoms with Crippen molar-refractivity contribution in [2.45, 2.75) is 44.4 Å². The maximum atomic E-state index is 12.4. The lowest BCUT2D eigenvalue weighted by molar-refractivity contribution is 0.174. The van der Waals surface area contributed by atoms with Crippen molar-refractivity contribution in [1.82, 2.24) is 24.9 Å². The van der Waals surface area contributed by atoms with Gasteiger partial charge in [-0.05, 0) is 43.9 Å². The van der Waals surface area contributed by atoms with Crippen molar-refractivity contribution in [3.63, 3.8) is 0 Å². The van der Waals surface area contributed by atoms with E-state index in [9.17, 15) is 4.79 Å². The molecule has 0 saturated heterocycles. The highest BCUT2D eigenvalue weighted by Gasteiger charge is 2.25. The summed E-state index contributed by atoms with van der Waals surface area (Å²) in [6.45, 7) is 0.320. The predicted molar refractivity (Wildman–Crippen MR) is 102 cm³/mol. The van der Waals surface area contributed by atoms with Gasteiger partial charge in [-0.25, -0.2) is 4.68 Å². The Balaban J connectivity index is 1.41. The van der Waals surface area contributed by atoms with E-state index in [0.29, 0.717) is 18.4 Å². The van der Waals surface area contributed by atoms with Crippen LogP contribution in [0.1, 0.15) is 37.5 Å². The van der Waals surface area contributed by atoms with Crippen molar-refractivity contribution in [3.8, 4) is 11.3 Å². The molecule has 3 aromatic rings. The number of pyridine rings is 1. The molecule has 1 fully saturated rings. The van der Waals surface area contributed by atoms with Crippen LogP contribution in [0, 0.1) is 0 Å². The molecule has 0 aliphatic heterocycles. The molecule has 1 saturated carbocycles. The zero-order chi connectivity index (χ0) is 19.3. The SMILES string of the molecule is COCc1noc(NC2CCC(n3nc(-c4ccncc4)ccc3=O)CC2)n1. The third-order valence-corrected chi connectivity index (χ3v) is 4.91. The number of nitrogens with zero attached hydrogens (tertiary/aromatic N) is 5. The lowest BCUT2D eigenvalue weighted by Crippen LogP contribution is -2.33. The largest absolute Gasteiger partial charge is 0.377 e. The molecular weight excluding hydrogens is 360 g/mol. The van der Waals surface area contributed by atoms with E-state index in [-0.39, 0.29) is 17.6 Å². The summed E-state index contributed by atoms with van der Waals surface area (Å²) in [6, 6.07) is 7.84. The summed E-state index contributed by atoms with van der Waals surface area (Å²) in [5, 5.41) is 11.7. The number of anilines is 1. The van der Waals surface area contributed by atoms with Gasteiger partial charge in [-0.15, -0.1) is 0 Å². The first-order chi connectivity index (χ1) is 13.7. The maximum absolute atomic E-state index is 12.4. The second kappa shape index (κ2) is 8.30. The lowest BCUT2D eigenvalue weighted by Gasteiger charge is -2.29. The van der Waals surface area contributed by atoms with Gasteiger partial charge in [-0.3, -0.25) is 9.78 Å². The summed E-state index contributed by atoms with van der Waals surface area (Å²) in [7, 11) is 1.59. The third kappa shape index (κ3) is 4.09. The van der Waals surface area contributed by atoms with Gasteiger partial charge >= 0.3 is 6.01 Å². The second-order valence-electron chi connectivity index (χ2n) is 6.84. The van der Waals surface area contributed by atoms with Crippen molar-refractivity contribution in [2.24, 2.45) is 0 Å². The molecule has 0 bridgehead atoms. The van der Waals surface area contributed by atoms with Gasteiger partial charge in [0, 0.05) is 37.2 Å². The fourth-order valence-electron chi connectivity index (χ4n) is 3.50. The summed E-state index contributed by atoms with van der Waals surface area (Å²) in [4.78, 5) is 20.6. The summed E-state index contributed by atoms with van der Waals surface area (Å²) in [5.74, 6) is 0.516. The minimum atomic E-state index is -0.0738. The Morgan fingerprint density at radius 1 is 1.18 bits per heavy atom. The number of hydrogen-bond donors (Lipinski definition) is 1. The molecule has 1 N–H and O–H groups in total. The highest BCUT2D eigenvalue weighted by atomic mass is 16.5.